The molecule has 2 fully saturated rings. The fourth-order valence-electron chi connectivity index (χ4n) is 3.82. The molecular formula is C19H24ClN3O4. The molecule has 2 saturated heterocycles. The third kappa shape index (κ3) is 4.18. The Labute approximate surface area is 163 Å². The smallest absolute Gasteiger partial charge is 0.409 e. The highest BCUT2D eigenvalue weighted by Crippen LogP contribution is 2.38. The van der Waals surface area contributed by atoms with Crippen molar-refractivity contribution in [1.82, 2.24) is 15.1 Å². The lowest BCUT2D eigenvalue weighted by Crippen LogP contribution is -2.42. The first kappa shape index (κ1) is 19.5. The molecule has 7 nitrogen and oxygen atoms in total. The van der Waals surface area contributed by atoms with E-state index < -0.39 is 5.92 Å². The predicted octanol–water partition coefficient (Wildman–Crippen LogP) is 2.21. The Balaban J connectivity index is 1.68. The number of ether oxygens (including phenoxy) is 1. The molecule has 0 unspecified atom stereocenters. The van der Waals surface area contributed by atoms with E-state index in [1.807, 2.05) is 12.1 Å². The predicted molar refractivity (Wildman–Crippen MR) is 100 cm³/mol. The Morgan fingerprint density at radius 1 is 1.37 bits per heavy atom. The molecule has 1 aromatic rings. The highest BCUT2D eigenvalue weighted by Gasteiger charge is 2.43. The van der Waals surface area contributed by atoms with Gasteiger partial charge in [0.1, 0.15) is 0 Å². The van der Waals surface area contributed by atoms with Gasteiger partial charge in [0.25, 0.3) is 0 Å². The van der Waals surface area contributed by atoms with Crippen LogP contribution in [0.1, 0.15) is 31.4 Å². The average Bonchev–Trinajstić information content (AvgIpc) is 3.20. The lowest BCUT2D eigenvalue weighted by molar-refractivity contribution is -0.128. The molecular weight excluding hydrogens is 370 g/mol. The van der Waals surface area contributed by atoms with Crippen molar-refractivity contribution in [1.29, 1.82) is 0 Å². The third-order valence-electron chi connectivity index (χ3n) is 5.17. The van der Waals surface area contributed by atoms with Crippen molar-refractivity contribution in [3.05, 3.63) is 34.9 Å². The minimum Gasteiger partial charge on any atom is -0.450 e. The van der Waals surface area contributed by atoms with Crippen molar-refractivity contribution in [3.63, 3.8) is 0 Å². The van der Waals surface area contributed by atoms with Crippen LogP contribution in [0.15, 0.2) is 24.3 Å². The maximum absolute atomic E-state index is 12.9. The quantitative estimate of drug-likeness (QED) is 0.850. The number of likely N-dealkylation sites (tertiary alicyclic amines) is 2. The van der Waals surface area contributed by atoms with Crippen LogP contribution in [0.2, 0.25) is 5.02 Å². The first-order chi connectivity index (χ1) is 12.9. The summed E-state index contributed by atoms with van der Waals surface area (Å²) in [5, 5.41) is 3.57. The van der Waals surface area contributed by atoms with Crippen LogP contribution in [0.5, 0.6) is 0 Å². The van der Waals surface area contributed by atoms with Gasteiger partial charge in [0.2, 0.25) is 11.8 Å². The second-order valence-electron chi connectivity index (χ2n) is 6.95. The number of nitrogens with zero attached hydrogens (tertiary/aromatic N) is 2. The van der Waals surface area contributed by atoms with Crippen LogP contribution in [-0.4, -0.2) is 60.5 Å². The summed E-state index contributed by atoms with van der Waals surface area (Å²) in [6.07, 6.45) is 0.471. The van der Waals surface area contributed by atoms with Crippen LogP contribution in [0.4, 0.5) is 4.79 Å². The Kier molecular flexibility index (Phi) is 5.89. The number of hydrogen-bond acceptors (Lipinski definition) is 4. The molecule has 27 heavy (non-hydrogen) atoms. The van der Waals surface area contributed by atoms with Crippen molar-refractivity contribution in [2.24, 2.45) is 5.92 Å². The highest BCUT2D eigenvalue weighted by molar-refractivity contribution is 6.30. The standard InChI is InChI=1S/C19H24ClN3O4/c1-3-27-19(26)23-8-7-14(11-23)21-18(25)15-10-16(24)22(2)17(15)12-5-4-6-13(20)9-12/h4-6,9,14-15,17H,3,7-8,10-11H2,1-2H3,(H,21,25)/t14-,15+,17-/m0/s1. The SMILES string of the molecule is CCOC(=O)N1CC[C@H](NC(=O)[C@@H]2CC(=O)N(C)[C@H]2c2cccc(Cl)c2)C1. The van der Waals surface area contributed by atoms with E-state index in [9.17, 15) is 14.4 Å². The van der Waals surface area contributed by atoms with E-state index in [0.29, 0.717) is 31.1 Å². The van der Waals surface area contributed by atoms with Crippen molar-refractivity contribution in [2.45, 2.75) is 31.8 Å². The summed E-state index contributed by atoms with van der Waals surface area (Å²) >= 11 is 6.09. The van der Waals surface area contributed by atoms with E-state index in [1.54, 1.807) is 35.9 Å². The first-order valence-electron chi connectivity index (χ1n) is 9.14. The minimum absolute atomic E-state index is 0.0697. The molecule has 2 aliphatic rings. The van der Waals surface area contributed by atoms with Gasteiger partial charge in [-0.3, -0.25) is 9.59 Å². The van der Waals surface area contributed by atoms with Crippen LogP contribution in [0, 0.1) is 5.92 Å². The maximum Gasteiger partial charge on any atom is 0.409 e. The van der Waals surface area contributed by atoms with Crippen LogP contribution >= 0.6 is 11.6 Å². The van der Waals surface area contributed by atoms with Gasteiger partial charge in [0.05, 0.1) is 18.6 Å². The van der Waals surface area contributed by atoms with Crippen molar-refractivity contribution in [2.75, 3.05) is 26.7 Å². The molecule has 0 aromatic heterocycles. The number of carbonyl (C=O) groups excluding carboxylic acids is 3. The molecule has 0 saturated carbocycles. The van der Waals surface area contributed by atoms with E-state index in [1.165, 1.54) is 0 Å². The van der Waals surface area contributed by atoms with E-state index in [0.717, 1.165) is 5.56 Å². The summed E-state index contributed by atoms with van der Waals surface area (Å²) in [4.78, 5) is 40.2. The summed E-state index contributed by atoms with van der Waals surface area (Å²) < 4.78 is 5.00. The average molecular weight is 394 g/mol. The fourth-order valence-corrected chi connectivity index (χ4v) is 4.02. The normalized spacial score (nSPS) is 25.0. The summed E-state index contributed by atoms with van der Waals surface area (Å²) in [7, 11) is 1.71. The Morgan fingerprint density at radius 3 is 2.85 bits per heavy atom. The van der Waals surface area contributed by atoms with Gasteiger partial charge in [-0.05, 0) is 31.0 Å². The Hall–Kier alpha value is -2.28. The molecule has 146 valence electrons. The van der Waals surface area contributed by atoms with Crippen LogP contribution in [-0.2, 0) is 14.3 Å². The van der Waals surface area contributed by atoms with Gasteiger partial charge in [-0.15, -0.1) is 0 Å². The second kappa shape index (κ2) is 8.17. The lowest BCUT2D eigenvalue weighted by Gasteiger charge is -2.26. The van der Waals surface area contributed by atoms with Gasteiger partial charge in [-0.2, -0.15) is 0 Å². The van der Waals surface area contributed by atoms with E-state index in [-0.39, 0.29) is 36.4 Å². The lowest BCUT2D eigenvalue weighted by atomic mass is 9.92. The second-order valence-corrected chi connectivity index (χ2v) is 7.39. The van der Waals surface area contributed by atoms with Gasteiger partial charge in [-0.25, -0.2) is 4.79 Å². The molecule has 1 aromatic carbocycles. The first-order valence-corrected chi connectivity index (χ1v) is 9.51. The number of hydrogen-bond donors (Lipinski definition) is 1. The molecule has 0 bridgehead atoms. The van der Waals surface area contributed by atoms with Crippen molar-refractivity contribution in [3.8, 4) is 0 Å². The van der Waals surface area contributed by atoms with Crippen LogP contribution in [0.3, 0.4) is 0 Å². The number of amides is 3. The zero-order valence-electron chi connectivity index (χ0n) is 15.5. The number of halogens is 1. The molecule has 1 N–H and O–H groups in total. The Morgan fingerprint density at radius 2 is 2.15 bits per heavy atom. The molecule has 3 amide bonds. The fraction of sp³-hybridized carbons (Fsp3) is 0.526. The summed E-state index contributed by atoms with van der Waals surface area (Å²) in [6, 6.07) is 6.77. The van der Waals surface area contributed by atoms with E-state index in [2.05, 4.69) is 5.32 Å². The number of nitrogens with one attached hydrogen (secondary N) is 1. The van der Waals surface area contributed by atoms with Gasteiger partial charge in [-0.1, -0.05) is 23.7 Å². The molecule has 0 spiro atoms. The molecule has 0 radical (unpaired) electrons. The van der Waals surface area contributed by atoms with Crippen LogP contribution < -0.4 is 5.32 Å². The summed E-state index contributed by atoms with van der Waals surface area (Å²) in [5.41, 5.74) is 0.843. The largest absolute Gasteiger partial charge is 0.450 e. The van der Waals surface area contributed by atoms with E-state index in [4.69, 9.17) is 16.3 Å². The maximum atomic E-state index is 12.9. The van der Waals surface area contributed by atoms with Gasteiger partial charge in [0, 0.05) is 37.6 Å². The van der Waals surface area contributed by atoms with Crippen LogP contribution in [0.25, 0.3) is 0 Å². The highest BCUT2D eigenvalue weighted by atomic mass is 35.5. The molecule has 3 rings (SSSR count). The minimum atomic E-state index is -0.488. The molecule has 0 aliphatic carbocycles. The number of benzene rings is 1. The monoisotopic (exact) mass is 393 g/mol. The molecule has 2 aliphatic heterocycles. The van der Waals surface area contributed by atoms with Gasteiger partial charge >= 0.3 is 6.09 Å². The van der Waals surface area contributed by atoms with E-state index >= 15 is 0 Å². The zero-order valence-corrected chi connectivity index (χ0v) is 16.2. The number of carbonyl (C=O) groups is 3. The molecule has 2 heterocycles. The molecule has 3 atom stereocenters. The van der Waals surface area contributed by atoms with Gasteiger partial charge in [0.15, 0.2) is 0 Å². The zero-order chi connectivity index (χ0) is 19.6. The Bertz CT molecular complexity index is 741. The third-order valence-corrected chi connectivity index (χ3v) is 5.41. The van der Waals surface area contributed by atoms with Gasteiger partial charge < -0.3 is 19.9 Å². The topological polar surface area (TPSA) is 79.0 Å². The summed E-state index contributed by atoms with van der Waals surface area (Å²) in [6.45, 7) is 3.05. The van der Waals surface area contributed by atoms with Crippen molar-refractivity contribution < 1.29 is 19.1 Å². The summed E-state index contributed by atoms with van der Waals surface area (Å²) in [5.74, 6) is -0.731. The van der Waals surface area contributed by atoms with Crippen molar-refractivity contribution >= 4 is 29.5 Å². The molecule has 8 heteroatoms. The number of rotatable bonds is 4.